The van der Waals surface area contributed by atoms with Crippen molar-refractivity contribution >= 4 is 44.7 Å². The summed E-state index contributed by atoms with van der Waals surface area (Å²) in [6, 6.07) is 15.3. The van der Waals surface area contributed by atoms with Gasteiger partial charge in [-0.05, 0) is 54.8 Å². The summed E-state index contributed by atoms with van der Waals surface area (Å²) in [5.74, 6) is 1.28. The fraction of sp³-hybridized carbons (Fsp3) is 0.222. The van der Waals surface area contributed by atoms with Gasteiger partial charge in [0.05, 0.1) is 40.5 Å². The van der Waals surface area contributed by atoms with E-state index in [1.807, 2.05) is 42.5 Å². The Bertz CT molecular complexity index is 1800. The lowest BCUT2D eigenvalue weighted by Crippen LogP contribution is -2.25. The zero-order chi connectivity index (χ0) is 24.8. The van der Waals surface area contributed by atoms with Crippen molar-refractivity contribution < 1.29 is 0 Å². The van der Waals surface area contributed by atoms with Gasteiger partial charge in [0, 0.05) is 24.3 Å². The minimum absolute atomic E-state index is 0.158. The van der Waals surface area contributed by atoms with E-state index in [2.05, 4.69) is 33.4 Å². The Morgan fingerprint density at radius 1 is 0.944 bits per heavy atom. The van der Waals surface area contributed by atoms with Gasteiger partial charge < -0.3 is 4.57 Å². The Balaban J connectivity index is 1.52. The topological polar surface area (TPSA) is 83.4 Å². The molecule has 180 valence electrons. The van der Waals surface area contributed by atoms with E-state index >= 15 is 0 Å². The van der Waals surface area contributed by atoms with Gasteiger partial charge in [-0.15, -0.1) is 0 Å². The van der Waals surface area contributed by atoms with Crippen molar-refractivity contribution in [1.82, 2.24) is 33.6 Å². The summed E-state index contributed by atoms with van der Waals surface area (Å²) in [5, 5.41) is 1.36. The molecule has 0 amide bonds. The third-order valence-corrected chi connectivity index (χ3v) is 6.67. The van der Waals surface area contributed by atoms with Gasteiger partial charge in [0.1, 0.15) is 11.0 Å². The molecule has 0 aliphatic rings. The number of hydrogen-bond donors (Lipinski definition) is 0. The maximum atomic E-state index is 13.9. The van der Waals surface area contributed by atoms with Crippen molar-refractivity contribution in [2.75, 3.05) is 0 Å². The highest BCUT2D eigenvalue weighted by Crippen LogP contribution is 2.23. The van der Waals surface area contributed by atoms with E-state index in [1.54, 1.807) is 33.8 Å². The predicted molar refractivity (Wildman–Crippen MR) is 142 cm³/mol. The molecule has 5 heterocycles. The first-order valence-corrected chi connectivity index (χ1v) is 12.3. The average Bonchev–Trinajstić information content (AvgIpc) is 3.36. The number of pyridine rings is 3. The summed E-state index contributed by atoms with van der Waals surface area (Å²) in [6.07, 6.45) is 6.17. The van der Waals surface area contributed by atoms with E-state index in [-0.39, 0.29) is 12.2 Å². The zero-order valence-corrected chi connectivity index (χ0v) is 20.7. The highest BCUT2D eigenvalue weighted by molar-refractivity contribution is 6.29. The van der Waals surface area contributed by atoms with Crippen LogP contribution in [-0.4, -0.2) is 33.6 Å². The van der Waals surface area contributed by atoms with Gasteiger partial charge >= 0.3 is 5.69 Å². The molecular weight excluding hydrogens is 474 g/mol. The lowest BCUT2D eigenvalue weighted by atomic mass is 10.1. The normalized spacial score (nSPS) is 11.9. The number of nitrogens with zero attached hydrogens (tertiary/aromatic N) is 7. The quantitative estimate of drug-likeness (QED) is 0.294. The molecule has 0 spiro atoms. The molecule has 0 saturated carbocycles. The predicted octanol–water partition coefficient (Wildman–Crippen LogP) is 5.23. The third-order valence-electron chi connectivity index (χ3n) is 6.46. The summed E-state index contributed by atoms with van der Waals surface area (Å²) in [5.41, 5.74) is 4.51. The van der Waals surface area contributed by atoms with Gasteiger partial charge in [0.25, 0.3) is 0 Å². The van der Waals surface area contributed by atoms with Gasteiger partial charge in [-0.2, -0.15) is 0 Å². The molecule has 0 aliphatic heterocycles. The zero-order valence-electron chi connectivity index (χ0n) is 20.0. The van der Waals surface area contributed by atoms with Gasteiger partial charge in [-0.3, -0.25) is 19.1 Å². The minimum Gasteiger partial charge on any atom is -0.325 e. The molecule has 6 rings (SSSR count). The Labute approximate surface area is 211 Å². The molecule has 1 aromatic carbocycles. The molecule has 0 N–H and O–H groups in total. The van der Waals surface area contributed by atoms with Crippen molar-refractivity contribution in [2.45, 2.75) is 33.4 Å². The van der Waals surface area contributed by atoms with Gasteiger partial charge in [-0.25, -0.2) is 14.8 Å². The maximum absolute atomic E-state index is 13.9. The van der Waals surface area contributed by atoms with Crippen molar-refractivity contribution in [2.24, 2.45) is 5.92 Å². The van der Waals surface area contributed by atoms with Crippen molar-refractivity contribution in [1.29, 1.82) is 0 Å². The van der Waals surface area contributed by atoms with E-state index < -0.39 is 0 Å². The molecule has 5 aromatic heterocycles. The first-order chi connectivity index (χ1) is 17.5. The molecule has 0 saturated heterocycles. The average molecular weight is 498 g/mol. The smallest absolute Gasteiger partial charge is 0.325 e. The highest BCUT2D eigenvalue weighted by Gasteiger charge is 2.19. The summed E-state index contributed by atoms with van der Waals surface area (Å²) in [7, 11) is 0. The first kappa shape index (κ1) is 22.4. The molecule has 0 aliphatic carbocycles. The van der Waals surface area contributed by atoms with Gasteiger partial charge in [-0.1, -0.05) is 31.5 Å². The molecule has 0 radical (unpaired) electrons. The number of aryl methyl sites for hydroxylation is 1. The third kappa shape index (κ3) is 3.83. The monoisotopic (exact) mass is 497 g/mol. The van der Waals surface area contributed by atoms with E-state index in [1.165, 1.54) is 0 Å². The maximum Gasteiger partial charge on any atom is 0.334 e. The van der Waals surface area contributed by atoms with Crippen LogP contribution in [0.25, 0.3) is 38.8 Å². The number of benzene rings is 1. The minimum atomic E-state index is -0.158. The molecule has 9 heteroatoms. The number of rotatable bonds is 6. The van der Waals surface area contributed by atoms with Gasteiger partial charge in [0.15, 0.2) is 5.65 Å². The van der Waals surface area contributed by atoms with Crippen LogP contribution < -0.4 is 5.69 Å². The second-order valence-corrected chi connectivity index (χ2v) is 9.68. The molecule has 6 aromatic rings. The molecule has 0 fully saturated rings. The first-order valence-electron chi connectivity index (χ1n) is 11.9. The Morgan fingerprint density at radius 3 is 2.69 bits per heavy atom. The van der Waals surface area contributed by atoms with Crippen LogP contribution in [0, 0.1) is 5.92 Å². The summed E-state index contributed by atoms with van der Waals surface area (Å²) < 4.78 is 5.59. The van der Waals surface area contributed by atoms with E-state index in [9.17, 15) is 4.79 Å². The second-order valence-electron chi connectivity index (χ2n) is 9.29. The van der Waals surface area contributed by atoms with Crippen LogP contribution in [0.3, 0.4) is 0 Å². The molecule has 0 unspecified atom stereocenters. The van der Waals surface area contributed by atoms with Crippen LogP contribution in [0.2, 0.25) is 5.15 Å². The van der Waals surface area contributed by atoms with Crippen LogP contribution in [0.15, 0.2) is 71.9 Å². The van der Waals surface area contributed by atoms with Crippen LogP contribution in [0.4, 0.5) is 0 Å². The van der Waals surface area contributed by atoms with Gasteiger partial charge in [0.2, 0.25) is 0 Å². The standard InChI is InChI=1S/C27H24ClN7O/c1-17(2)10-13-33-22-7-8-24(28)31-26(22)32-25(33)16-34-23-15-29-12-9-21(23)35(27(34)36)19-5-6-20-18(14-19)4-3-11-30-20/h3-9,11-12,14-15,17H,10,13,16H2,1-2H3. The van der Waals surface area contributed by atoms with E-state index in [0.29, 0.717) is 16.7 Å². The molecule has 8 nitrogen and oxygen atoms in total. The van der Waals surface area contributed by atoms with E-state index in [4.69, 9.17) is 16.6 Å². The van der Waals surface area contributed by atoms with Crippen LogP contribution in [-0.2, 0) is 13.1 Å². The Morgan fingerprint density at radius 2 is 1.83 bits per heavy atom. The Hall–Kier alpha value is -4.04. The van der Waals surface area contributed by atoms with Crippen LogP contribution in [0.1, 0.15) is 26.1 Å². The number of hydrogen-bond acceptors (Lipinski definition) is 5. The summed E-state index contributed by atoms with van der Waals surface area (Å²) >= 11 is 6.15. The number of aromatic nitrogens is 7. The largest absolute Gasteiger partial charge is 0.334 e. The van der Waals surface area contributed by atoms with Crippen molar-refractivity contribution in [3.63, 3.8) is 0 Å². The molecule has 0 atom stereocenters. The molecular formula is C27H24ClN7O. The highest BCUT2D eigenvalue weighted by atomic mass is 35.5. The van der Waals surface area contributed by atoms with E-state index in [0.717, 1.165) is 51.9 Å². The lowest BCUT2D eigenvalue weighted by Gasteiger charge is -2.11. The lowest BCUT2D eigenvalue weighted by molar-refractivity contribution is 0.507. The molecule has 36 heavy (non-hydrogen) atoms. The Kier molecular flexibility index (Phi) is 5.53. The summed E-state index contributed by atoms with van der Waals surface area (Å²) in [4.78, 5) is 31.8. The van der Waals surface area contributed by atoms with Crippen molar-refractivity contribution in [3.05, 3.63) is 88.6 Å². The fourth-order valence-corrected chi connectivity index (χ4v) is 4.78. The number of halogens is 1. The van der Waals surface area contributed by atoms with Crippen LogP contribution in [0.5, 0.6) is 0 Å². The van der Waals surface area contributed by atoms with Crippen LogP contribution >= 0.6 is 11.6 Å². The SMILES string of the molecule is CC(C)CCn1c(Cn2c(=O)n(-c3ccc4ncccc4c3)c3ccncc32)nc2nc(Cl)ccc21. The fourth-order valence-electron chi connectivity index (χ4n) is 4.64. The van der Waals surface area contributed by atoms with Crippen molar-refractivity contribution in [3.8, 4) is 5.69 Å². The summed E-state index contributed by atoms with van der Waals surface area (Å²) in [6.45, 7) is 5.44. The number of fused-ring (bicyclic) bond motifs is 3. The molecule has 0 bridgehead atoms. The second kappa shape index (κ2) is 8.87. The number of imidazole rings is 2.